The lowest BCUT2D eigenvalue weighted by atomic mass is 9.59. The van der Waals surface area contributed by atoms with E-state index in [2.05, 4.69) is 228 Å². The van der Waals surface area contributed by atoms with Crippen molar-refractivity contribution in [1.29, 1.82) is 0 Å². The van der Waals surface area contributed by atoms with Crippen LogP contribution in [0.4, 0.5) is 17.1 Å². The summed E-state index contributed by atoms with van der Waals surface area (Å²) in [5.74, 6) is 0. The lowest BCUT2D eigenvalue weighted by molar-refractivity contribution is 0.707. The second-order valence-corrected chi connectivity index (χ2v) is 17.1. The zero-order chi connectivity index (χ0) is 39.4. The molecule has 2 heterocycles. The van der Waals surface area contributed by atoms with Gasteiger partial charge in [0.05, 0.1) is 22.1 Å². The molecule has 0 saturated carbocycles. The Labute approximate surface area is 352 Å². The average Bonchev–Trinajstić information content (AvgIpc) is 3.64. The molecule has 0 N–H and O–H groups in total. The van der Waals surface area contributed by atoms with Crippen molar-refractivity contribution >= 4 is 72.2 Å². The van der Waals surface area contributed by atoms with Gasteiger partial charge in [0, 0.05) is 43.0 Å². The van der Waals surface area contributed by atoms with Crippen LogP contribution in [0.5, 0.6) is 0 Å². The number of rotatable bonds is 4. The molecule has 13 rings (SSSR count). The van der Waals surface area contributed by atoms with Gasteiger partial charge in [-0.2, -0.15) is 0 Å². The van der Waals surface area contributed by atoms with Crippen LogP contribution in [0.25, 0.3) is 60.2 Å². The third-order valence-electron chi connectivity index (χ3n) is 13.0. The average molecular weight is 781 g/mol. The zero-order valence-electron chi connectivity index (χ0n) is 32.6. The van der Waals surface area contributed by atoms with Crippen LogP contribution in [0.1, 0.15) is 22.3 Å². The molecule has 1 unspecified atom stereocenters. The van der Waals surface area contributed by atoms with Gasteiger partial charge in [-0.15, -0.1) is 0 Å². The van der Waals surface area contributed by atoms with E-state index in [1.54, 1.807) is 0 Å². The fourth-order valence-corrected chi connectivity index (χ4v) is 11.8. The van der Waals surface area contributed by atoms with Gasteiger partial charge < -0.3 is 9.47 Å². The maximum absolute atomic E-state index is 2.51. The normalized spacial score (nSPS) is 15.0. The highest BCUT2D eigenvalue weighted by atomic mass is 32.2. The van der Waals surface area contributed by atoms with Crippen molar-refractivity contribution in [2.24, 2.45) is 0 Å². The van der Waals surface area contributed by atoms with E-state index < -0.39 is 5.41 Å². The maximum atomic E-state index is 2.51. The summed E-state index contributed by atoms with van der Waals surface area (Å²) in [6.07, 6.45) is 0. The number of hydrogen-bond donors (Lipinski definition) is 0. The first-order valence-electron chi connectivity index (χ1n) is 20.7. The molecule has 1 aliphatic carbocycles. The number of anilines is 3. The van der Waals surface area contributed by atoms with Crippen molar-refractivity contribution in [3.63, 3.8) is 0 Å². The highest BCUT2D eigenvalue weighted by molar-refractivity contribution is 7.99. The minimum absolute atomic E-state index is 0.550. The quantitative estimate of drug-likeness (QED) is 0.176. The van der Waals surface area contributed by atoms with E-state index in [1.165, 1.54) is 86.5 Å². The smallest absolute Gasteiger partial charge is 0.0736 e. The molecular weight excluding hydrogens is 745 g/mol. The lowest BCUT2D eigenvalue weighted by Crippen LogP contribution is -2.36. The number of fused-ring (bicyclic) bond motifs is 12. The molecule has 1 atom stereocenters. The van der Waals surface area contributed by atoms with E-state index in [9.17, 15) is 0 Å². The van der Waals surface area contributed by atoms with Crippen LogP contribution in [0.3, 0.4) is 0 Å². The van der Waals surface area contributed by atoms with Crippen molar-refractivity contribution in [2.45, 2.75) is 15.2 Å². The van der Waals surface area contributed by atoms with Gasteiger partial charge in [-0.3, -0.25) is 0 Å². The molecule has 60 heavy (non-hydrogen) atoms. The fraction of sp³-hybridized carbons (Fsp3) is 0.0175. The molecule has 1 aliphatic heterocycles. The van der Waals surface area contributed by atoms with E-state index >= 15 is 0 Å². The number of aromatic nitrogens is 1. The summed E-state index contributed by atoms with van der Waals surface area (Å²) in [4.78, 5) is 5.08. The predicted octanol–water partition coefficient (Wildman–Crippen LogP) is 15.4. The number of hydrogen-bond acceptors (Lipinski definition) is 2. The first-order chi connectivity index (χ1) is 29.8. The van der Waals surface area contributed by atoms with E-state index in [1.807, 2.05) is 11.8 Å². The molecule has 2 nitrogen and oxygen atoms in total. The number of nitrogens with zero attached hydrogens (tertiary/aromatic N) is 2. The van der Waals surface area contributed by atoms with Gasteiger partial charge in [0.1, 0.15) is 0 Å². The van der Waals surface area contributed by atoms with Crippen molar-refractivity contribution in [2.75, 3.05) is 4.90 Å². The van der Waals surface area contributed by atoms with E-state index in [0.29, 0.717) is 0 Å². The molecule has 1 spiro atoms. The molecule has 2 aliphatic rings. The van der Waals surface area contributed by atoms with Crippen LogP contribution < -0.4 is 4.90 Å². The van der Waals surface area contributed by atoms with Crippen LogP contribution in [0.2, 0.25) is 0 Å². The van der Waals surface area contributed by atoms with E-state index in [-0.39, 0.29) is 0 Å². The van der Waals surface area contributed by atoms with Gasteiger partial charge in [0.15, 0.2) is 0 Å². The van der Waals surface area contributed by atoms with Gasteiger partial charge in [-0.25, -0.2) is 0 Å². The fourth-order valence-electron chi connectivity index (χ4n) is 10.6. The molecule has 0 saturated heterocycles. The summed E-state index contributed by atoms with van der Waals surface area (Å²) in [5.41, 5.74) is 14.2. The van der Waals surface area contributed by atoms with Crippen molar-refractivity contribution in [3.05, 3.63) is 241 Å². The summed E-state index contributed by atoms with van der Waals surface area (Å²) >= 11 is 1.89. The molecule has 3 heteroatoms. The predicted molar refractivity (Wildman–Crippen MR) is 252 cm³/mol. The van der Waals surface area contributed by atoms with Gasteiger partial charge >= 0.3 is 0 Å². The summed E-state index contributed by atoms with van der Waals surface area (Å²) in [7, 11) is 0. The SMILES string of the molecule is c1ccc(-n2c3ccccc3c3ccc(N(c4ccc5c(c4)C4(c6ccccc6S5)c5ccccc5-c5cccc6cccc4c56)c4cccc5ccccc45)cc32)cc1. The molecule has 0 bridgehead atoms. The summed E-state index contributed by atoms with van der Waals surface area (Å²) in [6, 6.07) is 81.3. The summed E-state index contributed by atoms with van der Waals surface area (Å²) in [5, 5.41) is 7.50. The van der Waals surface area contributed by atoms with Crippen molar-refractivity contribution in [1.82, 2.24) is 4.57 Å². The Morgan fingerprint density at radius 1 is 0.383 bits per heavy atom. The molecule has 0 fully saturated rings. The highest BCUT2D eigenvalue weighted by Gasteiger charge is 2.48. The third kappa shape index (κ3) is 4.61. The third-order valence-corrected chi connectivity index (χ3v) is 14.2. The molecular formula is C57H36N2S. The van der Waals surface area contributed by atoms with E-state index in [0.717, 1.165) is 22.7 Å². The Bertz CT molecular complexity index is 3540. The molecule has 280 valence electrons. The van der Waals surface area contributed by atoms with Gasteiger partial charge in [0.25, 0.3) is 0 Å². The largest absolute Gasteiger partial charge is 0.310 e. The highest BCUT2D eigenvalue weighted by Crippen LogP contribution is 2.62. The Balaban J connectivity index is 1.13. The first kappa shape index (κ1) is 33.6. The monoisotopic (exact) mass is 780 g/mol. The zero-order valence-corrected chi connectivity index (χ0v) is 33.4. The second kappa shape index (κ2) is 12.8. The van der Waals surface area contributed by atoms with Crippen LogP contribution in [-0.2, 0) is 5.41 Å². The standard InChI is InChI=1S/C57H36N2S/c1-2-19-39(20-3-1)59-52-28-10-7-23-44(52)45-33-31-41(36-53(45)59)58(51-29-14-16-37-15-4-5-21-42(37)51)40-32-34-55-50(35-40)57(48-26-9-11-30-54(48)60-55)47-25-8-6-22-43(47)46-24-12-17-38-18-13-27-49(57)56(38)46/h1-36H. The maximum Gasteiger partial charge on any atom is 0.0736 e. The van der Waals surface area contributed by atoms with Gasteiger partial charge in [-0.1, -0.05) is 169 Å². The minimum Gasteiger partial charge on any atom is -0.310 e. The molecule has 11 aromatic rings. The Kier molecular flexibility index (Phi) is 7.19. The topological polar surface area (TPSA) is 8.17 Å². The Hall–Kier alpha value is -7.33. The van der Waals surface area contributed by atoms with Crippen LogP contribution in [0.15, 0.2) is 228 Å². The molecule has 1 aromatic heterocycles. The first-order valence-corrected chi connectivity index (χ1v) is 21.5. The van der Waals surface area contributed by atoms with Crippen LogP contribution in [-0.4, -0.2) is 4.57 Å². The Morgan fingerprint density at radius 2 is 1.00 bits per heavy atom. The molecule has 0 amide bonds. The summed E-state index contributed by atoms with van der Waals surface area (Å²) in [6.45, 7) is 0. The minimum atomic E-state index is -0.550. The summed E-state index contributed by atoms with van der Waals surface area (Å²) < 4.78 is 2.42. The number of benzene rings is 10. The van der Waals surface area contributed by atoms with Gasteiger partial charge in [0.2, 0.25) is 0 Å². The van der Waals surface area contributed by atoms with Crippen molar-refractivity contribution in [3.8, 4) is 16.8 Å². The van der Waals surface area contributed by atoms with Crippen molar-refractivity contribution < 1.29 is 0 Å². The van der Waals surface area contributed by atoms with Crippen LogP contribution in [0, 0.1) is 0 Å². The van der Waals surface area contributed by atoms with E-state index in [4.69, 9.17) is 0 Å². The molecule has 10 aromatic carbocycles. The Morgan fingerprint density at radius 3 is 1.92 bits per heavy atom. The second-order valence-electron chi connectivity index (χ2n) is 16.0. The number of para-hydroxylation sites is 2. The molecule has 0 radical (unpaired) electrons. The van der Waals surface area contributed by atoms with Gasteiger partial charge in [-0.05, 0) is 110 Å². The lowest BCUT2D eigenvalue weighted by Gasteiger charge is -2.46. The van der Waals surface area contributed by atoms with Crippen LogP contribution >= 0.6 is 11.8 Å².